The van der Waals surface area contributed by atoms with E-state index in [9.17, 15) is 0 Å². The van der Waals surface area contributed by atoms with E-state index in [0.717, 1.165) is 0 Å². The molecule has 1 aliphatic rings. The fourth-order valence-corrected chi connectivity index (χ4v) is 3.72. The summed E-state index contributed by atoms with van der Waals surface area (Å²) in [5.41, 5.74) is 8.47. The first-order chi connectivity index (χ1) is 14.2. The molecule has 0 spiro atoms. The zero-order chi connectivity index (χ0) is 22.5. The third-order valence-electron chi connectivity index (χ3n) is 5.96. The Kier molecular flexibility index (Phi) is 12.8. The molecule has 1 unspecified atom stereocenters. The summed E-state index contributed by atoms with van der Waals surface area (Å²) in [5, 5.41) is 2.66. The van der Waals surface area contributed by atoms with Crippen molar-refractivity contribution in [2.75, 3.05) is 0 Å². The molecule has 0 bridgehead atoms. The summed E-state index contributed by atoms with van der Waals surface area (Å²) in [6.45, 7) is 18.5. The second-order valence-electron chi connectivity index (χ2n) is 8.96. The average Bonchev–Trinajstić information content (AvgIpc) is 3.26. The quantitative estimate of drug-likeness (QED) is 0.223. The van der Waals surface area contributed by atoms with E-state index >= 15 is 0 Å². The summed E-state index contributed by atoms with van der Waals surface area (Å²) in [6.07, 6.45) is 3.36. The van der Waals surface area contributed by atoms with Crippen LogP contribution in [0.4, 0.5) is 0 Å². The van der Waals surface area contributed by atoms with E-state index in [1.807, 2.05) is 0 Å². The molecule has 1 aliphatic carbocycles. The molecule has 32 heavy (non-hydrogen) atoms. The minimum absolute atomic E-state index is 0. The Morgan fingerprint density at radius 3 is 2.06 bits per heavy atom. The monoisotopic (exact) mass is 516 g/mol. The van der Waals surface area contributed by atoms with Crippen molar-refractivity contribution in [2.45, 2.75) is 53.9 Å². The van der Waals surface area contributed by atoms with Gasteiger partial charge >= 0.3 is 30.2 Å². The standard InChI is InChI=1S/C19H19.C9H13.2CH3.Si.Zr/c1-19(2,3)16-9-6-8-15(13-16)18-12-11-14-7-4-5-10-17(14)18;1-6-5-7(2)9(4)8(6)3;;;;/h4-13H,1-3H3;6H,1-4H3;2*1H3;;/q4*-1;;. The second-order valence-corrected chi connectivity index (χ2v) is 8.96. The van der Waals surface area contributed by atoms with Crippen LogP contribution in [0.15, 0.2) is 77.4 Å². The van der Waals surface area contributed by atoms with Crippen molar-refractivity contribution in [3.05, 3.63) is 104 Å². The number of rotatable bonds is 1. The number of hydrogen-bond donors (Lipinski definition) is 0. The van der Waals surface area contributed by atoms with Crippen LogP contribution >= 0.6 is 0 Å². The topological polar surface area (TPSA) is 0 Å². The fraction of sp³-hybridized carbons (Fsp3) is 0.300. The minimum atomic E-state index is 0. The molecule has 0 saturated carbocycles. The molecule has 1 atom stereocenters. The summed E-state index contributed by atoms with van der Waals surface area (Å²) in [6, 6.07) is 21.9. The number of allylic oxidation sites excluding steroid dienone is 4. The molecule has 2 radical (unpaired) electrons. The molecule has 0 aliphatic heterocycles. The van der Waals surface area contributed by atoms with E-state index in [0.29, 0.717) is 5.92 Å². The summed E-state index contributed by atoms with van der Waals surface area (Å²) in [5.74, 6) is 0.560. The van der Waals surface area contributed by atoms with Crippen LogP contribution in [0.2, 0.25) is 0 Å². The number of benzene rings is 2. The van der Waals surface area contributed by atoms with Crippen molar-refractivity contribution in [1.82, 2.24) is 0 Å². The van der Waals surface area contributed by atoms with Gasteiger partial charge in [0.05, 0.1) is 0 Å². The third kappa shape index (κ3) is 7.32. The molecular weight excluding hydrogens is 480 g/mol. The summed E-state index contributed by atoms with van der Waals surface area (Å²) in [7, 11) is 0. The molecule has 3 aromatic carbocycles. The molecule has 0 aromatic heterocycles. The second kappa shape index (κ2) is 13.4. The normalized spacial score (nSPS) is 14.8. The Hall–Kier alpha value is -1.37. The van der Waals surface area contributed by atoms with Gasteiger partial charge in [-0.05, 0) is 11.0 Å². The van der Waals surface area contributed by atoms with Crippen molar-refractivity contribution in [1.29, 1.82) is 0 Å². The van der Waals surface area contributed by atoms with E-state index in [4.69, 9.17) is 0 Å². The van der Waals surface area contributed by atoms with Crippen molar-refractivity contribution >= 4 is 17.7 Å². The van der Waals surface area contributed by atoms with E-state index in [1.54, 1.807) is 0 Å². The van der Waals surface area contributed by atoms with Crippen LogP contribution in [0, 0.1) is 26.8 Å². The van der Waals surface area contributed by atoms with E-state index in [1.165, 1.54) is 67.5 Å². The third-order valence-corrected chi connectivity index (χ3v) is 5.96. The van der Waals surface area contributed by atoms with Gasteiger partial charge in [0, 0.05) is 0 Å². The molecule has 3 aromatic rings. The van der Waals surface area contributed by atoms with Crippen LogP contribution in [0.1, 0.15) is 54.0 Å². The fourth-order valence-electron chi connectivity index (χ4n) is 3.72. The van der Waals surface area contributed by atoms with Crippen LogP contribution < -0.4 is 0 Å². The van der Waals surface area contributed by atoms with Crippen molar-refractivity contribution in [3.8, 4) is 11.1 Å². The summed E-state index contributed by atoms with van der Waals surface area (Å²) < 4.78 is 0. The maximum atomic E-state index is 3.36. The predicted octanol–water partition coefficient (Wildman–Crippen LogP) is 8.76. The number of hydrogen-bond acceptors (Lipinski definition) is 0. The zero-order valence-electron chi connectivity index (χ0n) is 21.4. The average molecular weight is 518 g/mol. The zero-order valence-corrected chi connectivity index (χ0v) is 24.8. The van der Waals surface area contributed by atoms with Gasteiger partial charge in [0.1, 0.15) is 0 Å². The predicted molar refractivity (Wildman–Crippen MR) is 142 cm³/mol. The first-order valence-electron chi connectivity index (χ1n) is 10.5. The van der Waals surface area contributed by atoms with Crippen LogP contribution in [-0.4, -0.2) is 6.88 Å². The molecule has 0 nitrogen and oxygen atoms in total. The van der Waals surface area contributed by atoms with Gasteiger partial charge in [0.25, 0.3) is 0 Å². The molecule has 0 heterocycles. The van der Waals surface area contributed by atoms with Crippen LogP contribution in [0.3, 0.4) is 0 Å². The molecule has 0 N–H and O–H groups in total. The summed E-state index contributed by atoms with van der Waals surface area (Å²) >= 11 is 1.36. The van der Waals surface area contributed by atoms with Gasteiger partial charge in [-0.1, -0.05) is 83.4 Å². The molecule has 2 heteroatoms. The van der Waals surface area contributed by atoms with Crippen molar-refractivity contribution < 1.29 is 23.3 Å². The maximum absolute atomic E-state index is 3.36. The Morgan fingerprint density at radius 2 is 1.56 bits per heavy atom. The van der Waals surface area contributed by atoms with Gasteiger partial charge in [0.15, 0.2) is 0 Å². The van der Waals surface area contributed by atoms with E-state index < -0.39 is 0 Å². The van der Waals surface area contributed by atoms with Gasteiger partial charge < -0.3 is 14.9 Å². The molecule has 170 valence electrons. The van der Waals surface area contributed by atoms with Crippen molar-refractivity contribution in [2.24, 2.45) is 5.92 Å². The van der Waals surface area contributed by atoms with Crippen LogP contribution in [0.25, 0.3) is 21.9 Å². The molecule has 0 fully saturated rings. The first kappa shape index (κ1) is 30.6. The van der Waals surface area contributed by atoms with Gasteiger partial charge in [-0.25, -0.2) is 5.57 Å². The number of fused-ring (bicyclic) bond motifs is 1. The Balaban J connectivity index is 0.000000632. The van der Waals surface area contributed by atoms with Crippen LogP contribution in [0.5, 0.6) is 0 Å². The van der Waals surface area contributed by atoms with Gasteiger partial charge in [-0.15, -0.1) is 53.6 Å². The SMILES string of the molecule is CC(C)(C)c1cccc(-c2c[cH-]c3ccccc23)c1.CC1=[C-]C(C)C(C)=C1C.[CH3-].[CH3-].[Si]=[Zr]. The van der Waals surface area contributed by atoms with E-state index in [2.05, 4.69) is 122 Å². The van der Waals surface area contributed by atoms with Gasteiger partial charge in [0.2, 0.25) is 0 Å². The molecular formula is C30H38SiZr-4. The molecule has 0 amide bonds. The summed E-state index contributed by atoms with van der Waals surface area (Å²) in [4.78, 5) is 0. The molecule has 0 saturated heterocycles. The van der Waals surface area contributed by atoms with Gasteiger partial charge in [-0.2, -0.15) is 11.1 Å². The first-order valence-corrected chi connectivity index (χ1v) is 14.7. The Labute approximate surface area is 214 Å². The van der Waals surface area contributed by atoms with E-state index in [-0.39, 0.29) is 20.3 Å². The Bertz CT molecular complexity index is 1060. The molecule has 4 rings (SSSR count). The van der Waals surface area contributed by atoms with Crippen LogP contribution in [-0.2, 0) is 28.8 Å². The van der Waals surface area contributed by atoms with Gasteiger partial charge in [-0.3, -0.25) is 6.08 Å². The Morgan fingerprint density at radius 1 is 0.938 bits per heavy atom. The van der Waals surface area contributed by atoms with Crippen molar-refractivity contribution in [3.63, 3.8) is 0 Å².